The van der Waals surface area contributed by atoms with Gasteiger partial charge in [0.2, 0.25) is 0 Å². The molecule has 0 heterocycles. The minimum Gasteiger partial charge on any atom is -0.465 e. The molecule has 6 heteroatoms. The first-order valence-electron chi connectivity index (χ1n) is 12.6. The van der Waals surface area contributed by atoms with Crippen molar-refractivity contribution in [2.24, 2.45) is 23.7 Å². The Kier molecular flexibility index (Phi) is 13.1. The molecule has 6 atom stereocenters. The molecule has 2 bridgehead atoms. The molecular weight excluding hydrogens is 524 g/mol. The van der Waals surface area contributed by atoms with Crippen LogP contribution in [0.1, 0.15) is 97.3 Å². The minimum atomic E-state index is -0.375. The Hall–Kier alpha value is -0.100. The van der Waals surface area contributed by atoms with Crippen molar-refractivity contribution in [1.29, 1.82) is 0 Å². The van der Waals surface area contributed by atoms with Crippen LogP contribution in [0, 0.1) is 23.7 Å². The lowest BCUT2D eigenvalue weighted by atomic mass is 9.79. The highest BCUT2D eigenvalue weighted by molar-refractivity contribution is 9.12. The van der Waals surface area contributed by atoms with Gasteiger partial charge >= 0.3 is 11.9 Å². The summed E-state index contributed by atoms with van der Waals surface area (Å²) in [6.07, 6.45) is 14.8. The van der Waals surface area contributed by atoms with Gasteiger partial charge in [-0.25, -0.2) is 0 Å². The van der Waals surface area contributed by atoms with Crippen molar-refractivity contribution in [3.05, 3.63) is 0 Å². The van der Waals surface area contributed by atoms with E-state index in [0.29, 0.717) is 13.2 Å². The molecule has 2 aliphatic rings. The van der Waals surface area contributed by atoms with E-state index in [1.54, 1.807) is 0 Å². The Morgan fingerprint density at radius 3 is 1.39 bits per heavy atom. The van der Waals surface area contributed by atoms with Crippen molar-refractivity contribution >= 4 is 43.8 Å². The van der Waals surface area contributed by atoms with Gasteiger partial charge in [-0.05, 0) is 31.1 Å². The molecule has 0 aromatic heterocycles. The summed E-state index contributed by atoms with van der Waals surface area (Å²) in [6, 6.07) is 0. The molecule has 6 unspecified atom stereocenters. The summed E-state index contributed by atoms with van der Waals surface area (Å²) < 4.78 is 11.3. The zero-order chi connectivity index (χ0) is 22.6. The topological polar surface area (TPSA) is 52.6 Å². The van der Waals surface area contributed by atoms with Crippen LogP contribution in [0.2, 0.25) is 0 Å². The van der Waals surface area contributed by atoms with E-state index in [1.165, 1.54) is 51.4 Å². The second-order valence-electron chi connectivity index (χ2n) is 9.37. The lowest BCUT2D eigenvalue weighted by Crippen LogP contribution is -2.44. The smallest absolute Gasteiger partial charge is 0.310 e. The van der Waals surface area contributed by atoms with Gasteiger partial charge in [0, 0.05) is 9.65 Å². The van der Waals surface area contributed by atoms with Crippen LogP contribution in [0.4, 0.5) is 0 Å². The number of hydrogen-bond acceptors (Lipinski definition) is 4. The molecule has 0 aliphatic heterocycles. The van der Waals surface area contributed by atoms with E-state index in [4.69, 9.17) is 9.47 Å². The Morgan fingerprint density at radius 2 is 1.00 bits per heavy atom. The fourth-order valence-corrected chi connectivity index (χ4v) is 7.09. The van der Waals surface area contributed by atoms with Crippen LogP contribution in [-0.4, -0.2) is 34.8 Å². The molecule has 0 radical (unpaired) electrons. The number of unbranched alkanes of at least 4 members (excludes halogenated alkanes) is 10. The highest BCUT2D eigenvalue weighted by Gasteiger charge is 2.62. The zero-order valence-corrected chi connectivity index (χ0v) is 22.6. The van der Waals surface area contributed by atoms with Gasteiger partial charge in [-0.3, -0.25) is 9.59 Å². The standard InChI is InChI=1S/C25H42Br2O4/c1-3-5-7-9-11-13-15-30-24(28)20-18-17-19(23(27)22(18)26)21(20)25(29)31-16-14-12-10-8-6-4-2/h18-23H,3-17H2,1-2H3. The van der Waals surface area contributed by atoms with Crippen LogP contribution in [0.15, 0.2) is 0 Å². The van der Waals surface area contributed by atoms with Crippen molar-refractivity contribution in [3.63, 3.8) is 0 Å². The lowest BCUT2D eigenvalue weighted by Gasteiger charge is -2.34. The number of carbonyl (C=O) groups is 2. The van der Waals surface area contributed by atoms with Crippen LogP contribution in [0.25, 0.3) is 0 Å². The van der Waals surface area contributed by atoms with Gasteiger partial charge in [0.05, 0.1) is 25.0 Å². The maximum absolute atomic E-state index is 12.9. The third kappa shape index (κ3) is 8.01. The second-order valence-corrected chi connectivity index (χ2v) is 11.5. The van der Waals surface area contributed by atoms with Crippen LogP contribution in [0.5, 0.6) is 0 Å². The third-order valence-corrected chi connectivity index (χ3v) is 10.2. The molecule has 0 N–H and O–H groups in total. The lowest BCUT2D eigenvalue weighted by molar-refractivity contribution is -0.163. The highest BCUT2D eigenvalue weighted by atomic mass is 79.9. The Balaban J connectivity index is 1.79. The van der Waals surface area contributed by atoms with Crippen molar-refractivity contribution in [2.45, 2.75) is 107 Å². The molecule has 2 aliphatic carbocycles. The highest BCUT2D eigenvalue weighted by Crippen LogP contribution is 2.57. The van der Waals surface area contributed by atoms with Crippen LogP contribution in [-0.2, 0) is 19.1 Å². The van der Waals surface area contributed by atoms with Gasteiger partial charge in [0.15, 0.2) is 0 Å². The predicted molar refractivity (Wildman–Crippen MR) is 133 cm³/mol. The fourth-order valence-electron chi connectivity index (χ4n) is 5.21. The van der Waals surface area contributed by atoms with E-state index < -0.39 is 0 Å². The first kappa shape index (κ1) is 27.1. The maximum Gasteiger partial charge on any atom is 0.310 e. The van der Waals surface area contributed by atoms with E-state index in [2.05, 4.69) is 45.7 Å². The van der Waals surface area contributed by atoms with Crippen molar-refractivity contribution < 1.29 is 19.1 Å². The summed E-state index contributed by atoms with van der Waals surface area (Å²) in [5, 5.41) is 0. The molecule has 2 rings (SSSR count). The second kappa shape index (κ2) is 14.9. The largest absolute Gasteiger partial charge is 0.465 e. The Labute approximate surface area is 206 Å². The average Bonchev–Trinajstić information content (AvgIpc) is 3.29. The van der Waals surface area contributed by atoms with Gasteiger partial charge < -0.3 is 9.47 Å². The first-order chi connectivity index (χ1) is 15.0. The number of alkyl halides is 2. The van der Waals surface area contributed by atoms with E-state index in [9.17, 15) is 9.59 Å². The predicted octanol–water partition coefficient (Wildman–Crippen LogP) is 7.20. The summed E-state index contributed by atoms with van der Waals surface area (Å²) in [4.78, 5) is 26.3. The molecule has 0 aromatic rings. The monoisotopic (exact) mass is 564 g/mol. The number of rotatable bonds is 16. The number of carbonyl (C=O) groups excluding carboxylic acids is 2. The molecule has 0 saturated heterocycles. The van der Waals surface area contributed by atoms with E-state index in [0.717, 1.165) is 32.1 Å². The molecule has 0 aromatic carbocycles. The Bertz CT molecular complexity index is 496. The third-order valence-electron chi connectivity index (χ3n) is 7.00. The summed E-state index contributed by atoms with van der Waals surface area (Å²) in [5.74, 6) is -0.880. The first-order valence-corrected chi connectivity index (χ1v) is 14.5. The summed E-state index contributed by atoms with van der Waals surface area (Å²) in [5.41, 5.74) is 0. The molecule has 31 heavy (non-hydrogen) atoms. The summed E-state index contributed by atoms with van der Waals surface area (Å²) in [6.45, 7) is 5.34. The van der Waals surface area contributed by atoms with Crippen molar-refractivity contribution in [1.82, 2.24) is 0 Å². The van der Waals surface area contributed by atoms with E-state index in [-0.39, 0.29) is 45.3 Å². The molecule has 180 valence electrons. The number of halogens is 2. The number of fused-ring (bicyclic) bond motifs is 2. The zero-order valence-electron chi connectivity index (χ0n) is 19.5. The molecule has 2 fully saturated rings. The van der Waals surface area contributed by atoms with Crippen molar-refractivity contribution in [2.75, 3.05) is 13.2 Å². The minimum absolute atomic E-state index is 0.137. The molecule has 2 saturated carbocycles. The molecular formula is C25H42Br2O4. The quantitative estimate of drug-likeness (QED) is 0.113. The van der Waals surface area contributed by atoms with Gasteiger partial charge in [0.25, 0.3) is 0 Å². The number of ether oxygens (including phenoxy) is 2. The fraction of sp³-hybridized carbons (Fsp3) is 0.920. The molecule has 0 amide bonds. The van der Waals surface area contributed by atoms with Crippen LogP contribution < -0.4 is 0 Å². The summed E-state index contributed by atoms with van der Waals surface area (Å²) >= 11 is 7.50. The maximum atomic E-state index is 12.9. The molecule has 4 nitrogen and oxygen atoms in total. The van der Waals surface area contributed by atoms with Gasteiger partial charge in [0.1, 0.15) is 0 Å². The van der Waals surface area contributed by atoms with Crippen LogP contribution >= 0.6 is 31.9 Å². The van der Waals surface area contributed by atoms with E-state index in [1.807, 2.05) is 0 Å². The average molecular weight is 566 g/mol. The SMILES string of the molecule is CCCCCCCCOC(=O)C1C2CC(C(Br)C2Br)C1C(=O)OCCCCCCCC. The van der Waals surface area contributed by atoms with Gasteiger partial charge in [-0.2, -0.15) is 0 Å². The molecule has 0 spiro atoms. The summed E-state index contributed by atoms with van der Waals surface area (Å²) in [7, 11) is 0. The normalized spacial score (nSPS) is 29.3. The van der Waals surface area contributed by atoms with Gasteiger partial charge in [-0.1, -0.05) is 110 Å². The van der Waals surface area contributed by atoms with Gasteiger partial charge in [-0.15, -0.1) is 0 Å². The number of esters is 2. The van der Waals surface area contributed by atoms with E-state index >= 15 is 0 Å². The van der Waals surface area contributed by atoms with Crippen molar-refractivity contribution in [3.8, 4) is 0 Å². The van der Waals surface area contributed by atoms with Crippen LogP contribution in [0.3, 0.4) is 0 Å². The number of hydrogen-bond donors (Lipinski definition) is 0. The Morgan fingerprint density at radius 1 is 0.645 bits per heavy atom.